The Morgan fingerprint density at radius 1 is 1.29 bits per heavy atom. The Balaban J connectivity index is 1.21. The molecule has 4 N–H and O–H groups in total. The maximum absolute atomic E-state index is 13.8. The molecule has 14 heteroatoms. The number of aliphatic hydroxyl groups excluding tert-OH is 1. The number of pyridine rings is 1. The van der Waals surface area contributed by atoms with Gasteiger partial charge < -0.3 is 20.1 Å². The van der Waals surface area contributed by atoms with E-state index in [1.165, 1.54) is 42.3 Å². The Bertz CT molecular complexity index is 1570. The number of aliphatic hydroxyl groups is 1. The molecule has 0 radical (unpaired) electrons. The van der Waals surface area contributed by atoms with Gasteiger partial charge >= 0.3 is 10.3 Å². The lowest BCUT2D eigenvalue weighted by Crippen LogP contribution is -2.24. The van der Waals surface area contributed by atoms with E-state index in [9.17, 15) is 18.3 Å². The number of hydrogen-bond donors (Lipinski definition) is 3. The number of carbonyl (C=O) groups is 1. The number of anilines is 2. The van der Waals surface area contributed by atoms with Crippen LogP contribution in [0.1, 0.15) is 68.7 Å². The average molecular weight is 615 g/mol. The number of thiophene rings is 1. The molecule has 5 heterocycles. The summed E-state index contributed by atoms with van der Waals surface area (Å²) >= 11 is 1.40. The molecular weight excluding hydrogens is 580 g/mol. The lowest BCUT2D eigenvalue weighted by Gasteiger charge is -2.27. The fourth-order valence-corrected chi connectivity index (χ4v) is 7.41. The van der Waals surface area contributed by atoms with Gasteiger partial charge in [0, 0.05) is 41.7 Å². The van der Waals surface area contributed by atoms with Crippen molar-refractivity contribution in [2.24, 2.45) is 11.1 Å². The van der Waals surface area contributed by atoms with Gasteiger partial charge in [-0.3, -0.25) is 8.98 Å². The molecule has 42 heavy (non-hydrogen) atoms. The van der Waals surface area contributed by atoms with Gasteiger partial charge in [-0.05, 0) is 56.7 Å². The normalized spacial score (nSPS) is 24.1. The number of nitrogens with zero attached hydrogens (tertiary/aromatic N) is 4. The van der Waals surface area contributed by atoms with Gasteiger partial charge in [0.1, 0.15) is 24.1 Å². The molecule has 0 amide bonds. The Hall–Kier alpha value is -3.01. The van der Waals surface area contributed by atoms with Gasteiger partial charge in [-0.25, -0.2) is 20.1 Å². The van der Waals surface area contributed by atoms with Gasteiger partial charge in [-0.1, -0.05) is 6.07 Å². The minimum atomic E-state index is -4.10. The molecule has 0 unspecified atom stereocenters. The highest BCUT2D eigenvalue weighted by Gasteiger charge is 2.35. The van der Waals surface area contributed by atoms with Crippen LogP contribution in [-0.2, 0) is 25.6 Å². The predicted molar refractivity (Wildman–Crippen MR) is 157 cm³/mol. The van der Waals surface area contributed by atoms with Crippen molar-refractivity contribution in [3.8, 4) is 0 Å². The molecular formula is C28H34N6O6S2. The van der Waals surface area contributed by atoms with Crippen LogP contribution in [0.3, 0.4) is 0 Å². The van der Waals surface area contributed by atoms with Crippen LogP contribution in [0, 0.1) is 12.8 Å². The van der Waals surface area contributed by atoms with Gasteiger partial charge in [0.25, 0.3) is 0 Å². The predicted octanol–water partition coefficient (Wildman–Crippen LogP) is 2.51. The molecule has 2 aliphatic heterocycles. The zero-order chi connectivity index (χ0) is 29.4. The molecule has 12 nitrogen and oxygen atoms in total. The van der Waals surface area contributed by atoms with E-state index in [-0.39, 0.29) is 24.5 Å². The fourth-order valence-electron chi connectivity index (χ4n) is 6.04. The van der Waals surface area contributed by atoms with Crippen LogP contribution in [0.2, 0.25) is 0 Å². The molecule has 3 aliphatic rings. The highest BCUT2D eigenvalue weighted by Crippen LogP contribution is 2.39. The van der Waals surface area contributed by atoms with Crippen LogP contribution >= 0.6 is 11.3 Å². The van der Waals surface area contributed by atoms with Crippen molar-refractivity contribution in [1.29, 1.82) is 0 Å². The molecule has 3 aromatic rings. The Kier molecular flexibility index (Phi) is 8.26. The van der Waals surface area contributed by atoms with Gasteiger partial charge in [0.15, 0.2) is 0 Å². The Labute approximate surface area is 248 Å². The van der Waals surface area contributed by atoms with Gasteiger partial charge in [-0.2, -0.15) is 8.42 Å². The summed E-state index contributed by atoms with van der Waals surface area (Å²) in [6, 6.07) is 5.90. The average Bonchev–Trinajstić information content (AvgIpc) is 3.71. The molecule has 0 spiro atoms. The molecule has 0 aromatic carbocycles. The number of nitrogens with one attached hydrogen (secondary N) is 1. The monoisotopic (exact) mass is 614 g/mol. The van der Waals surface area contributed by atoms with Gasteiger partial charge in [-0.15, -0.1) is 11.3 Å². The van der Waals surface area contributed by atoms with Crippen molar-refractivity contribution in [3.05, 3.63) is 62.9 Å². The van der Waals surface area contributed by atoms with Crippen LogP contribution in [0.4, 0.5) is 11.6 Å². The Morgan fingerprint density at radius 2 is 2.10 bits per heavy atom. The third-order valence-corrected chi connectivity index (χ3v) is 9.73. The SMILES string of the molecule is Cc1sc(C(=O)c2cncnc2N[C@@H]2C[C@H](COS(N)(=O)=O)[C@@H](O)C2)cc1[C@@H]1OCCc2ccc(N3CCCC3)nc21. The molecule has 2 fully saturated rings. The maximum atomic E-state index is 13.8. The second-order valence-corrected chi connectivity index (χ2v) is 13.5. The third kappa shape index (κ3) is 6.19. The summed E-state index contributed by atoms with van der Waals surface area (Å²) in [6.07, 6.45) is 5.59. The van der Waals surface area contributed by atoms with E-state index in [1.54, 1.807) is 0 Å². The molecule has 1 saturated carbocycles. The van der Waals surface area contributed by atoms with Crippen LogP contribution in [0.25, 0.3) is 0 Å². The van der Waals surface area contributed by atoms with Crippen molar-refractivity contribution in [2.45, 2.75) is 57.3 Å². The van der Waals surface area contributed by atoms with Crippen molar-refractivity contribution >= 4 is 39.1 Å². The summed E-state index contributed by atoms with van der Waals surface area (Å²) in [5.41, 5.74) is 3.32. The highest BCUT2D eigenvalue weighted by atomic mass is 32.2. The number of aryl methyl sites for hydroxylation is 1. The van der Waals surface area contributed by atoms with E-state index >= 15 is 0 Å². The highest BCUT2D eigenvalue weighted by molar-refractivity contribution is 7.84. The summed E-state index contributed by atoms with van der Waals surface area (Å²) in [5, 5.41) is 18.6. The first-order chi connectivity index (χ1) is 20.2. The first kappa shape index (κ1) is 29.1. The topological polar surface area (TPSA) is 170 Å². The first-order valence-electron chi connectivity index (χ1n) is 14.1. The van der Waals surface area contributed by atoms with E-state index in [0.717, 1.165) is 41.5 Å². The second kappa shape index (κ2) is 11.9. The summed E-state index contributed by atoms with van der Waals surface area (Å²) in [4.78, 5) is 31.1. The smallest absolute Gasteiger partial charge is 0.333 e. The number of rotatable bonds is 9. The number of hydrogen-bond acceptors (Lipinski definition) is 12. The van der Waals surface area contributed by atoms with Crippen molar-refractivity contribution in [1.82, 2.24) is 15.0 Å². The number of ether oxygens (including phenoxy) is 1. The van der Waals surface area contributed by atoms with E-state index in [0.29, 0.717) is 35.7 Å². The van der Waals surface area contributed by atoms with Crippen LogP contribution in [0.5, 0.6) is 0 Å². The first-order valence-corrected chi connectivity index (χ1v) is 16.4. The minimum absolute atomic E-state index is 0.217. The summed E-state index contributed by atoms with van der Waals surface area (Å²) in [7, 11) is -4.10. The van der Waals surface area contributed by atoms with Crippen LogP contribution in [-0.4, -0.2) is 72.7 Å². The van der Waals surface area contributed by atoms with E-state index in [2.05, 4.69) is 36.5 Å². The molecule has 6 rings (SSSR count). The quantitative estimate of drug-likeness (QED) is 0.303. The number of fused-ring (bicyclic) bond motifs is 1. The molecule has 0 bridgehead atoms. The van der Waals surface area contributed by atoms with E-state index in [1.807, 2.05) is 13.0 Å². The van der Waals surface area contributed by atoms with Gasteiger partial charge in [0.05, 0.1) is 35.5 Å². The van der Waals surface area contributed by atoms with Crippen LogP contribution < -0.4 is 15.4 Å². The number of carbonyl (C=O) groups excluding carboxylic acids is 1. The standard InChI is InChI=1S/C28H34N6O6S2/c1-16-20(27-25-17(6-9-39-27)4-5-24(33-25)34-7-2-3-8-34)12-23(41-16)26(36)21-13-30-15-31-28(21)32-19-10-18(22(35)11-19)14-40-42(29,37)38/h4-5,12-13,15,18-19,22,27,35H,2-3,6-11,14H2,1H3,(H2,29,37,38)(H,30,31,32)/t18-,19-,22+,27+/m1/s1. The summed E-state index contributed by atoms with van der Waals surface area (Å²) < 4.78 is 33.3. The zero-order valence-electron chi connectivity index (χ0n) is 23.2. The maximum Gasteiger partial charge on any atom is 0.333 e. The zero-order valence-corrected chi connectivity index (χ0v) is 24.9. The largest absolute Gasteiger partial charge is 0.393 e. The Morgan fingerprint density at radius 3 is 2.88 bits per heavy atom. The third-order valence-electron chi connectivity index (χ3n) is 8.20. The van der Waals surface area contributed by atoms with Crippen molar-refractivity contribution in [3.63, 3.8) is 0 Å². The van der Waals surface area contributed by atoms with E-state index in [4.69, 9.17) is 14.9 Å². The summed E-state index contributed by atoms with van der Waals surface area (Å²) in [5.74, 6) is 0.671. The fraction of sp³-hybridized carbons (Fsp3) is 0.500. The summed E-state index contributed by atoms with van der Waals surface area (Å²) in [6.45, 7) is 4.37. The van der Waals surface area contributed by atoms with Gasteiger partial charge in [0.2, 0.25) is 5.78 Å². The van der Waals surface area contributed by atoms with Crippen LogP contribution in [0.15, 0.2) is 30.7 Å². The molecule has 224 valence electrons. The molecule has 4 atom stereocenters. The molecule has 1 saturated heterocycles. The minimum Gasteiger partial charge on any atom is -0.393 e. The number of ketones is 1. The number of nitrogens with two attached hydrogens (primary N) is 1. The molecule has 3 aromatic heterocycles. The lowest BCUT2D eigenvalue weighted by atomic mass is 9.97. The lowest BCUT2D eigenvalue weighted by molar-refractivity contribution is 0.0664. The molecule has 1 aliphatic carbocycles. The van der Waals surface area contributed by atoms with Crippen molar-refractivity contribution < 1.29 is 27.2 Å². The van der Waals surface area contributed by atoms with Crippen molar-refractivity contribution in [2.75, 3.05) is 36.5 Å². The van der Waals surface area contributed by atoms with E-state index < -0.39 is 22.3 Å². The number of aromatic nitrogens is 3. The second-order valence-electron chi connectivity index (χ2n) is 11.1.